The van der Waals surface area contributed by atoms with Crippen molar-refractivity contribution in [3.8, 4) is 5.75 Å². The summed E-state index contributed by atoms with van der Waals surface area (Å²) in [6.07, 6.45) is 1.47. The normalized spacial score (nSPS) is 9.83. The van der Waals surface area contributed by atoms with Gasteiger partial charge in [-0.15, -0.1) is 6.58 Å². The lowest BCUT2D eigenvalue weighted by atomic mass is 10.1. The third-order valence-corrected chi connectivity index (χ3v) is 2.41. The highest BCUT2D eigenvalue weighted by molar-refractivity contribution is 5.96. The summed E-state index contributed by atoms with van der Waals surface area (Å²) >= 11 is 0. The lowest BCUT2D eigenvalue weighted by Gasteiger charge is -2.19. The van der Waals surface area contributed by atoms with Gasteiger partial charge in [-0.1, -0.05) is 6.08 Å². The van der Waals surface area contributed by atoms with Crippen LogP contribution in [0.5, 0.6) is 5.75 Å². The molecule has 1 rings (SSSR count). The molecule has 0 aliphatic heterocycles. The smallest absolute Gasteiger partial charge is 0.323 e. The Kier molecular flexibility index (Phi) is 4.48. The minimum absolute atomic E-state index is 0.0973. The third kappa shape index (κ3) is 3.35. The lowest BCUT2D eigenvalue weighted by Crippen LogP contribution is -2.35. The van der Waals surface area contributed by atoms with E-state index in [1.54, 1.807) is 6.92 Å². The van der Waals surface area contributed by atoms with Gasteiger partial charge < -0.3 is 15.1 Å². The summed E-state index contributed by atoms with van der Waals surface area (Å²) < 4.78 is 0. The van der Waals surface area contributed by atoms with E-state index in [4.69, 9.17) is 5.11 Å². The fourth-order valence-electron chi connectivity index (χ4n) is 1.51. The molecule has 0 saturated heterocycles. The van der Waals surface area contributed by atoms with Crippen LogP contribution in [0.3, 0.4) is 0 Å². The van der Waals surface area contributed by atoms with E-state index < -0.39 is 11.9 Å². The van der Waals surface area contributed by atoms with E-state index in [0.717, 1.165) is 0 Å². The highest BCUT2D eigenvalue weighted by Gasteiger charge is 2.17. The Morgan fingerprint density at radius 3 is 2.61 bits per heavy atom. The van der Waals surface area contributed by atoms with Crippen LogP contribution >= 0.6 is 0 Å². The number of aromatic hydroxyl groups is 1. The fraction of sp³-hybridized carbons (Fsp3) is 0.231. The number of nitrogens with zero attached hydrogens (tertiary/aromatic N) is 1. The molecule has 5 heteroatoms. The number of carbonyl (C=O) groups is 2. The molecule has 0 unspecified atom stereocenters. The van der Waals surface area contributed by atoms with Gasteiger partial charge in [0.2, 0.25) is 0 Å². The van der Waals surface area contributed by atoms with Gasteiger partial charge in [0.25, 0.3) is 5.91 Å². The highest BCUT2D eigenvalue weighted by Crippen LogP contribution is 2.18. The number of hydrogen-bond acceptors (Lipinski definition) is 3. The molecule has 0 bridgehead atoms. The summed E-state index contributed by atoms with van der Waals surface area (Å²) in [5.74, 6) is -1.39. The zero-order valence-corrected chi connectivity index (χ0v) is 10.1. The first-order valence-corrected chi connectivity index (χ1v) is 5.37. The molecule has 96 valence electrons. The van der Waals surface area contributed by atoms with Gasteiger partial charge >= 0.3 is 5.97 Å². The average Bonchev–Trinajstić information content (AvgIpc) is 2.31. The van der Waals surface area contributed by atoms with Gasteiger partial charge in [0.05, 0.1) is 0 Å². The number of aliphatic carboxylic acids is 1. The van der Waals surface area contributed by atoms with Crippen LogP contribution in [0.2, 0.25) is 0 Å². The Morgan fingerprint density at radius 2 is 2.11 bits per heavy atom. The van der Waals surface area contributed by atoms with Crippen molar-refractivity contribution in [1.29, 1.82) is 0 Å². The van der Waals surface area contributed by atoms with Crippen LogP contribution in [0.15, 0.2) is 30.9 Å². The Bertz CT molecular complexity index is 482. The van der Waals surface area contributed by atoms with Gasteiger partial charge in [0, 0.05) is 12.1 Å². The standard InChI is InChI=1S/C13H15NO4/c1-3-6-14(8-12(16)17)13(18)10-4-5-11(15)9(2)7-10/h3-5,7,15H,1,6,8H2,2H3,(H,16,17). The van der Waals surface area contributed by atoms with Gasteiger partial charge in [0.1, 0.15) is 12.3 Å². The number of carboxylic acid groups (broad SMARTS) is 1. The van der Waals surface area contributed by atoms with E-state index in [2.05, 4.69) is 6.58 Å². The number of phenolic OH excluding ortho intramolecular Hbond substituents is 1. The number of carboxylic acids is 1. The quantitative estimate of drug-likeness (QED) is 0.773. The summed E-state index contributed by atoms with van der Waals surface area (Å²) in [5, 5.41) is 18.1. The van der Waals surface area contributed by atoms with E-state index >= 15 is 0 Å². The van der Waals surface area contributed by atoms with Gasteiger partial charge in [0.15, 0.2) is 0 Å². The van der Waals surface area contributed by atoms with Crippen molar-refractivity contribution in [3.63, 3.8) is 0 Å². The van der Waals surface area contributed by atoms with Crippen molar-refractivity contribution in [2.45, 2.75) is 6.92 Å². The first-order chi connectivity index (χ1) is 8.45. The maximum Gasteiger partial charge on any atom is 0.323 e. The Balaban J connectivity index is 2.97. The van der Waals surface area contributed by atoms with Gasteiger partial charge in [-0.2, -0.15) is 0 Å². The number of benzene rings is 1. The second-order valence-corrected chi connectivity index (χ2v) is 3.87. The van der Waals surface area contributed by atoms with Crippen LogP contribution in [-0.2, 0) is 4.79 Å². The first kappa shape index (κ1) is 13.8. The fourth-order valence-corrected chi connectivity index (χ4v) is 1.51. The number of carbonyl (C=O) groups excluding carboxylic acids is 1. The number of hydrogen-bond donors (Lipinski definition) is 2. The Labute approximate surface area is 105 Å². The van der Waals surface area contributed by atoms with Crippen molar-refractivity contribution in [2.24, 2.45) is 0 Å². The Morgan fingerprint density at radius 1 is 1.44 bits per heavy atom. The molecule has 1 aromatic carbocycles. The van der Waals surface area contributed by atoms with Crippen molar-refractivity contribution in [2.75, 3.05) is 13.1 Å². The predicted octanol–water partition coefficient (Wildman–Crippen LogP) is 1.41. The molecule has 0 aliphatic carbocycles. The number of aryl methyl sites for hydroxylation is 1. The molecule has 2 N–H and O–H groups in total. The molecule has 0 radical (unpaired) electrons. The van der Waals surface area contributed by atoms with Gasteiger partial charge in [-0.25, -0.2) is 0 Å². The SMILES string of the molecule is C=CCN(CC(=O)O)C(=O)c1ccc(O)c(C)c1. The zero-order valence-electron chi connectivity index (χ0n) is 10.1. The summed E-state index contributed by atoms with van der Waals surface area (Å²) in [4.78, 5) is 23.9. The molecule has 5 nitrogen and oxygen atoms in total. The molecular formula is C13H15NO4. The molecule has 1 aromatic rings. The minimum Gasteiger partial charge on any atom is -0.508 e. The van der Waals surface area contributed by atoms with Crippen molar-refractivity contribution in [1.82, 2.24) is 4.90 Å². The van der Waals surface area contributed by atoms with E-state index in [1.807, 2.05) is 0 Å². The molecule has 0 spiro atoms. The third-order valence-electron chi connectivity index (χ3n) is 2.41. The molecule has 0 atom stereocenters. The van der Waals surface area contributed by atoms with Crippen LogP contribution in [0.4, 0.5) is 0 Å². The summed E-state index contributed by atoms with van der Waals surface area (Å²) in [6.45, 7) is 4.93. The lowest BCUT2D eigenvalue weighted by molar-refractivity contribution is -0.137. The van der Waals surface area contributed by atoms with Crippen molar-refractivity contribution < 1.29 is 19.8 Å². The maximum absolute atomic E-state index is 12.1. The van der Waals surface area contributed by atoms with Crippen molar-refractivity contribution >= 4 is 11.9 Å². The largest absolute Gasteiger partial charge is 0.508 e. The van der Waals surface area contributed by atoms with Crippen molar-refractivity contribution in [3.05, 3.63) is 42.0 Å². The number of phenols is 1. The topological polar surface area (TPSA) is 77.8 Å². The van der Waals surface area contributed by atoms with Crippen LogP contribution in [-0.4, -0.2) is 40.1 Å². The monoisotopic (exact) mass is 249 g/mol. The zero-order chi connectivity index (χ0) is 13.7. The maximum atomic E-state index is 12.1. The number of amides is 1. The summed E-state index contributed by atoms with van der Waals surface area (Å²) in [5.41, 5.74) is 0.906. The average molecular weight is 249 g/mol. The summed E-state index contributed by atoms with van der Waals surface area (Å²) in [7, 11) is 0. The van der Waals surface area contributed by atoms with E-state index in [1.165, 1.54) is 29.2 Å². The second kappa shape index (κ2) is 5.86. The van der Waals surface area contributed by atoms with Gasteiger partial charge in [-0.3, -0.25) is 9.59 Å². The van der Waals surface area contributed by atoms with E-state index in [0.29, 0.717) is 11.1 Å². The van der Waals surface area contributed by atoms with Gasteiger partial charge in [-0.05, 0) is 30.7 Å². The molecule has 0 heterocycles. The first-order valence-electron chi connectivity index (χ1n) is 5.37. The van der Waals surface area contributed by atoms with E-state index in [9.17, 15) is 14.7 Å². The Hall–Kier alpha value is -2.30. The van der Waals surface area contributed by atoms with Crippen LogP contribution in [0.1, 0.15) is 15.9 Å². The molecule has 0 aromatic heterocycles. The molecular weight excluding hydrogens is 234 g/mol. The second-order valence-electron chi connectivity index (χ2n) is 3.87. The summed E-state index contributed by atoms with van der Waals surface area (Å²) in [6, 6.07) is 4.40. The van der Waals surface area contributed by atoms with E-state index in [-0.39, 0.29) is 18.8 Å². The molecule has 0 aliphatic rings. The van der Waals surface area contributed by atoms with Crippen LogP contribution in [0.25, 0.3) is 0 Å². The molecule has 0 saturated carbocycles. The highest BCUT2D eigenvalue weighted by atomic mass is 16.4. The number of rotatable bonds is 5. The minimum atomic E-state index is -1.08. The molecule has 0 fully saturated rings. The van der Waals surface area contributed by atoms with Crippen LogP contribution < -0.4 is 0 Å². The molecule has 18 heavy (non-hydrogen) atoms. The molecule has 1 amide bonds. The van der Waals surface area contributed by atoms with Crippen LogP contribution in [0, 0.1) is 6.92 Å². The predicted molar refractivity (Wildman–Crippen MR) is 66.6 cm³/mol.